The zero-order valence-corrected chi connectivity index (χ0v) is 9.37. The van der Waals surface area contributed by atoms with Crippen LogP contribution in [0, 0.1) is 5.92 Å². The van der Waals surface area contributed by atoms with Gasteiger partial charge in [0.25, 0.3) is 5.97 Å². The number of ether oxygens (including phenoxy) is 1. The molecule has 0 spiro atoms. The van der Waals surface area contributed by atoms with Crippen LogP contribution in [0.1, 0.15) is 40.5 Å². The van der Waals surface area contributed by atoms with Gasteiger partial charge in [-0.1, -0.05) is 26.7 Å². The Hall–Kier alpha value is -1.06. The summed E-state index contributed by atoms with van der Waals surface area (Å²) < 4.78 is 4.85. The van der Waals surface area contributed by atoms with E-state index in [9.17, 15) is 4.79 Å². The molecule has 0 aromatic heterocycles. The zero-order valence-electron chi connectivity index (χ0n) is 9.37. The summed E-state index contributed by atoms with van der Waals surface area (Å²) in [6.07, 6.45) is 2.17. The number of aliphatic carboxylic acids is 1. The molecule has 4 heteroatoms. The first-order valence-electron chi connectivity index (χ1n) is 4.76. The molecule has 0 heterocycles. The largest absolute Gasteiger partial charge is 0.481 e. The second kappa shape index (κ2) is 10.0. The Labute approximate surface area is 85.3 Å². The molecule has 0 bridgehead atoms. The molecule has 1 N–H and O–H groups in total. The molecule has 0 fully saturated rings. The molecule has 0 unspecified atom stereocenters. The molecule has 0 aliphatic heterocycles. The number of carboxylic acids is 1. The fraction of sp³-hybridized carbons (Fsp3) is 0.800. The number of hydrogen-bond donors (Lipinski definition) is 1. The molecule has 0 aliphatic rings. The number of carbonyl (C=O) groups excluding carboxylic acids is 1. The smallest absolute Gasteiger partial charge is 0.302 e. The zero-order chi connectivity index (χ0) is 11.6. The van der Waals surface area contributed by atoms with Crippen molar-refractivity contribution >= 4 is 11.9 Å². The van der Waals surface area contributed by atoms with Crippen molar-refractivity contribution < 1.29 is 19.4 Å². The third-order valence-electron chi connectivity index (χ3n) is 1.68. The van der Waals surface area contributed by atoms with Gasteiger partial charge in [-0.2, -0.15) is 0 Å². The quantitative estimate of drug-likeness (QED) is 0.712. The maximum atomic E-state index is 10.4. The van der Waals surface area contributed by atoms with Gasteiger partial charge in [0.2, 0.25) is 0 Å². The van der Waals surface area contributed by atoms with Crippen LogP contribution in [-0.4, -0.2) is 23.7 Å². The summed E-state index contributed by atoms with van der Waals surface area (Å²) in [5, 5.41) is 7.42. The first kappa shape index (κ1) is 15.4. The monoisotopic (exact) mass is 204 g/mol. The van der Waals surface area contributed by atoms with Gasteiger partial charge in [0.15, 0.2) is 0 Å². The SMILES string of the molecule is CC(=O)O.CCC(CC)COC(C)=O. The molecule has 0 aromatic rings. The van der Waals surface area contributed by atoms with E-state index in [1.54, 1.807) is 0 Å². The summed E-state index contributed by atoms with van der Waals surface area (Å²) in [6, 6.07) is 0. The van der Waals surface area contributed by atoms with Gasteiger partial charge < -0.3 is 9.84 Å². The molecule has 14 heavy (non-hydrogen) atoms. The van der Waals surface area contributed by atoms with E-state index in [1.165, 1.54) is 6.92 Å². The lowest BCUT2D eigenvalue weighted by Crippen LogP contribution is -2.10. The van der Waals surface area contributed by atoms with E-state index in [-0.39, 0.29) is 5.97 Å². The van der Waals surface area contributed by atoms with Crippen molar-refractivity contribution in [2.45, 2.75) is 40.5 Å². The lowest BCUT2D eigenvalue weighted by Gasteiger charge is -2.10. The average Bonchev–Trinajstić information content (AvgIpc) is 2.04. The highest BCUT2D eigenvalue weighted by Gasteiger charge is 2.03. The van der Waals surface area contributed by atoms with Crippen LogP contribution in [0.3, 0.4) is 0 Å². The van der Waals surface area contributed by atoms with E-state index in [0.29, 0.717) is 12.5 Å². The van der Waals surface area contributed by atoms with Crippen molar-refractivity contribution in [2.75, 3.05) is 6.61 Å². The minimum Gasteiger partial charge on any atom is -0.481 e. The molecular weight excluding hydrogens is 184 g/mol. The minimum absolute atomic E-state index is 0.174. The first-order valence-corrected chi connectivity index (χ1v) is 4.76. The van der Waals surface area contributed by atoms with Crippen LogP contribution in [0.4, 0.5) is 0 Å². The maximum absolute atomic E-state index is 10.4. The molecule has 0 amide bonds. The second-order valence-corrected chi connectivity index (χ2v) is 3.00. The van der Waals surface area contributed by atoms with Crippen LogP contribution in [0.15, 0.2) is 0 Å². The van der Waals surface area contributed by atoms with E-state index in [1.807, 2.05) is 0 Å². The predicted octanol–water partition coefficient (Wildman–Crippen LogP) is 2.08. The summed E-state index contributed by atoms with van der Waals surface area (Å²) in [6.45, 7) is 7.33. The van der Waals surface area contributed by atoms with Crippen molar-refractivity contribution in [2.24, 2.45) is 5.92 Å². The Morgan fingerprint density at radius 2 is 1.57 bits per heavy atom. The van der Waals surface area contributed by atoms with Crippen molar-refractivity contribution in [3.63, 3.8) is 0 Å². The molecule has 0 rings (SSSR count). The third-order valence-corrected chi connectivity index (χ3v) is 1.68. The lowest BCUT2D eigenvalue weighted by atomic mass is 10.1. The summed E-state index contributed by atoms with van der Waals surface area (Å²) in [7, 11) is 0. The molecule has 0 saturated carbocycles. The molecule has 0 radical (unpaired) electrons. The Bertz CT molecular complexity index is 158. The van der Waals surface area contributed by atoms with Gasteiger partial charge in [0.1, 0.15) is 0 Å². The van der Waals surface area contributed by atoms with Crippen molar-refractivity contribution in [3.05, 3.63) is 0 Å². The second-order valence-electron chi connectivity index (χ2n) is 3.00. The number of esters is 1. The van der Waals surface area contributed by atoms with Crippen LogP contribution >= 0.6 is 0 Å². The number of carboxylic acid groups (broad SMARTS) is 1. The van der Waals surface area contributed by atoms with Gasteiger partial charge in [0.05, 0.1) is 6.61 Å². The summed E-state index contributed by atoms with van der Waals surface area (Å²) in [4.78, 5) is 19.4. The highest BCUT2D eigenvalue weighted by atomic mass is 16.5. The summed E-state index contributed by atoms with van der Waals surface area (Å²) in [5.41, 5.74) is 0. The van der Waals surface area contributed by atoms with Crippen molar-refractivity contribution in [3.8, 4) is 0 Å². The molecule has 0 atom stereocenters. The average molecular weight is 204 g/mol. The topological polar surface area (TPSA) is 63.6 Å². The van der Waals surface area contributed by atoms with Crippen LogP contribution in [0.25, 0.3) is 0 Å². The van der Waals surface area contributed by atoms with Gasteiger partial charge in [-0.05, 0) is 5.92 Å². The van der Waals surface area contributed by atoms with Gasteiger partial charge in [-0.15, -0.1) is 0 Å². The Balaban J connectivity index is 0. The molecule has 0 saturated heterocycles. The highest BCUT2D eigenvalue weighted by molar-refractivity contribution is 5.65. The third kappa shape index (κ3) is 17.1. The van der Waals surface area contributed by atoms with E-state index < -0.39 is 5.97 Å². The molecule has 0 aliphatic carbocycles. The van der Waals surface area contributed by atoms with Crippen LogP contribution in [0.5, 0.6) is 0 Å². The number of hydrogen-bond acceptors (Lipinski definition) is 3. The molecular formula is C10H20O4. The van der Waals surface area contributed by atoms with E-state index in [2.05, 4.69) is 13.8 Å². The molecule has 0 aromatic carbocycles. The maximum Gasteiger partial charge on any atom is 0.302 e. The lowest BCUT2D eigenvalue weighted by molar-refractivity contribution is -0.142. The van der Waals surface area contributed by atoms with Crippen LogP contribution in [-0.2, 0) is 14.3 Å². The Morgan fingerprint density at radius 1 is 1.21 bits per heavy atom. The standard InChI is InChI=1S/C8H16O2.C2H4O2/c1-4-8(5-2)6-10-7(3)9;1-2(3)4/h8H,4-6H2,1-3H3;1H3,(H,3,4). The van der Waals surface area contributed by atoms with Gasteiger partial charge >= 0.3 is 5.97 Å². The molecule has 4 nitrogen and oxygen atoms in total. The van der Waals surface area contributed by atoms with Crippen molar-refractivity contribution in [1.82, 2.24) is 0 Å². The van der Waals surface area contributed by atoms with Crippen LogP contribution < -0.4 is 0 Å². The van der Waals surface area contributed by atoms with E-state index >= 15 is 0 Å². The van der Waals surface area contributed by atoms with Crippen LogP contribution in [0.2, 0.25) is 0 Å². The van der Waals surface area contributed by atoms with E-state index in [0.717, 1.165) is 19.8 Å². The van der Waals surface area contributed by atoms with Gasteiger partial charge in [-0.25, -0.2) is 0 Å². The first-order chi connectivity index (χ1) is 6.43. The number of rotatable bonds is 4. The fourth-order valence-electron chi connectivity index (χ4n) is 0.760. The van der Waals surface area contributed by atoms with Crippen molar-refractivity contribution in [1.29, 1.82) is 0 Å². The number of carbonyl (C=O) groups is 2. The minimum atomic E-state index is -0.833. The highest BCUT2D eigenvalue weighted by Crippen LogP contribution is 2.06. The molecule has 84 valence electrons. The summed E-state index contributed by atoms with van der Waals surface area (Å²) in [5.74, 6) is -0.462. The predicted molar refractivity (Wildman–Crippen MR) is 54.0 cm³/mol. The normalized spacial score (nSPS) is 8.93. The Morgan fingerprint density at radius 3 is 1.79 bits per heavy atom. The summed E-state index contributed by atoms with van der Waals surface area (Å²) >= 11 is 0. The van der Waals surface area contributed by atoms with E-state index in [4.69, 9.17) is 14.6 Å². The van der Waals surface area contributed by atoms with Gasteiger partial charge in [-0.3, -0.25) is 9.59 Å². The van der Waals surface area contributed by atoms with Gasteiger partial charge in [0, 0.05) is 13.8 Å². The Kier molecular flexibility index (Phi) is 11.0. The fourth-order valence-corrected chi connectivity index (χ4v) is 0.760.